The Balaban J connectivity index is 1.30. The maximum absolute atomic E-state index is 6.90. The lowest BCUT2D eigenvalue weighted by molar-refractivity contribution is -0.109. The minimum atomic E-state index is -2.55. The van der Waals surface area contributed by atoms with E-state index in [-0.39, 0.29) is 10.5 Å². The molecule has 1 aliphatic carbocycles. The van der Waals surface area contributed by atoms with E-state index in [0.29, 0.717) is 33.0 Å². The Labute approximate surface area is 240 Å². The first-order valence-corrected chi connectivity index (χ1v) is 16.1. The highest BCUT2D eigenvalue weighted by Crippen LogP contribution is 2.42. The van der Waals surface area contributed by atoms with Crippen LogP contribution in [0.25, 0.3) is 0 Å². The lowest BCUT2D eigenvalue weighted by atomic mass is 9.68. The van der Waals surface area contributed by atoms with Gasteiger partial charge in [-0.1, -0.05) is 87.9 Å². The molecular weight excluding hydrogens is 520 g/mol. The minimum Gasteiger partial charge on any atom is -0.405 e. The van der Waals surface area contributed by atoms with Crippen LogP contribution in [0.1, 0.15) is 57.8 Å². The van der Waals surface area contributed by atoms with E-state index in [9.17, 15) is 0 Å². The normalized spacial score (nSPS) is 15.2. The standard InChI is InChI=1S/C32H44N2O5Si/c1-31(2,3)40(26-13-8-6-9-14-26,27-15-10-7-11-16-27)39-24-23-37-21-22-38-25-32(18-12-19-32)30-33-20-17-28(34-30)29(35-4)36-5/h6-11,13-17,20,29H,12,18-19,21-25H2,1-5H3. The summed E-state index contributed by atoms with van der Waals surface area (Å²) in [7, 11) is 0.672. The molecule has 0 saturated heterocycles. The fourth-order valence-electron chi connectivity index (χ4n) is 5.64. The number of rotatable bonds is 15. The van der Waals surface area contributed by atoms with Gasteiger partial charge in [0.2, 0.25) is 6.29 Å². The molecule has 1 fully saturated rings. The van der Waals surface area contributed by atoms with Crippen LogP contribution in [0.4, 0.5) is 0 Å². The summed E-state index contributed by atoms with van der Waals surface area (Å²) in [5, 5.41) is 2.50. The molecule has 1 aromatic heterocycles. The van der Waals surface area contributed by atoms with Crippen molar-refractivity contribution in [2.24, 2.45) is 0 Å². The van der Waals surface area contributed by atoms with Crippen molar-refractivity contribution >= 4 is 18.7 Å². The van der Waals surface area contributed by atoms with Crippen LogP contribution in [0.3, 0.4) is 0 Å². The number of aromatic nitrogens is 2. The fraction of sp³-hybridized carbons (Fsp3) is 0.500. The number of hydrogen-bond donors (Lipinski definition) is 0. The molecule has 0 radical (unpaired) electrons. The highest BCUT2D eigenvalue weighted by atomic mass is 28.4. The molecule has 3 aromatic rings. The van der Waals surface area contributed by atoms with Crippen LogP contribution >= 0.6 is 0 Å². The Morgan fingerprint density at radius 2 is 1.38 bits per heavy atom. The van der Waals surface area contributed by atoms with E-state index in [4.69, 9.17) is 28.4 Å². The molecule has 0 spiro atoms. The second-order valence-corrected chi connectivity index (χ2v) is 15.7. The van der Waals surface area contributed by atoms with Gasteiger partial charge in [0.15, 0.2) is 0 Å². The van der Waals surface area contributed by atoms with Gasteiger partial charge in [-0.3, -0.25) is 0 Å². The second-order valence-electron chi connectivity index (χ2n) is 11.4. The monoisotopic (exact) mass is 564 g/mol. The van der Waals surface area contributed by atoms with E-state index in [0.717, 1.165) is 30.8 Å². The van der Waals surface area contributed by atoms with Crippen LogP contribution in [0.15, 0.2) is 72.9 Å². The number of ether oxygens (including phenoxy) is 4. The number of benzene rings is 2. The van der Waals surface area contributed by atoms with Crippen molar-refractivity contribution in [2.75, 3.05) is 47.3 Å². The zero-order chi connectivity index (χ0) is 28.5. The molecule has 0 unspecified atom stereocenters. The summed E-state index contributed by atoms with van der Waals surface area (Å²) in [6, 6.07) is 23.2. The molecule has 216 valence electrons. The Bertz CT molecular complexity index is 1130. The van der Waals surface area contributed by atoms with E-state index in [1.165, 1.54) is 10.4 Å². The first-order valence-electron chi connectivity index (χ1n) is 14.2. The molecule has 0 aliphatic heterocycles. The predicted octanol–water partition coefficient (Wildman–Crippen LogP) is 4.80. The summed E-state index contributed by atoms with van der Waals surface area (Å²) in [4.78, 5) is 9.33. The van der Waals surface area contributed by atoms with Gasteiger partial charge in [0.25, 0.3) is 8.32 Å². The van der Waals surface area contributed by atoms with Crippen molar-refractivity contribution in [1.82, 2.24) is 9.97 Å². The number of hydrogen-bond acceptors (Lipinski definition) is 7. The molecule has 1 saturated carbocycles. The summed E-state index contributed by atoms with van der Waals surface area (Å²) in [5.74, 6) is 0.801. The molecule has 7 nitrogen and oxygen atoms in total. The van der Waals surface area contributed by atoms with Gasteiger partial charge in [0.1, 0.15) is 5.82 Å². The fourth-order valence-corrected chi connectivity index (χ4v) is 10.2. The molecule has 0 N–H and O–H groups in total. The van der Waals surface area contributed by atoms with Gasteiger partial charge in [0, 0.05) is 20.4 Å². The highest BCUT2D eigenvalue weighted by molar-refractivity contribution is 6.99. The maximum atomic E-state index is 6.90. The molecule has 0 amide bonds. The summed E-state index contributed by atoms with van der Waals surface area (Å²) in [6.07, 6.45) is 4.44. The van der Waals surface area contributed by atoms with Gasteiger partial charge in [0.05, 0.1) is 44.1 Å². The van der Waals surface area contributed by atoms with Gasteiger partial charge < -0.3 is 23.4 Å². The lowest BCUT2D eigenvalue weighted by Gasteiger charge is -2.43. The Morgan fingerprint density at radius 1 is 0.800 bits per heavy atom. The van der Waals surface area contributed by atoms with E-state index >= 15 is 0 Å². The first kappa shape index (κ1) is 30.5. The van der Waals surface area contributed by atoms with Crippen molar-refractivity contribution < 1.29 is 23.4 Å². The zero-order valence-electron chi connectivity index (χ0n) is 24.6. The van der Waals surface area contributed by atoms with Crippen LogP contribution in [-0.4, -0.2) is 65.5 Å². The van der Waals surface area contributed by atoms with Gasteiger partial charge in [-0.25, -0.2) is 9.97 Å². The van der Waals surface area contributed by atoms with Crippen molar-refractivity contribution in [3.63, 3.8) is 0 Å². The summed E-state index contributed by atoms with van der Waals surface area (Å²) in [6.45, 7) is 9.49. The summed E-state index contributed by atoms with van der Waals surface area (Å²) < 4.78 is 29.7. The van der Waals surface area contributed by atoms with E-state index in [2.05, 4.69) is 86.4 Å². The third-order valence-corrected chi connectivity index (χ3v) is 12.9. The van der Waals surface area contributed by atoms with Crippen molar-refractivity contribution in [1.29, 1.82) is 0 Å². The maximum Gasteiger partial charge on any atom is 0.261 e. The third kappa shape index (κ3) is 6.70. The average molecular weight is 565 g/mol. The number of methoxy groups -OCH3 is 2. The first-order chi connectivity index (χ1) is 19.4. The molecule has 0 bridgehead atoms. The van der Waals surface area contributed by atoms with E-state index in [1.54, 1.807) is 20.4 Å². The van der Waals surface area contributed by atoms with E-state index in [1.807, 2.05) is 6.07 Å². The Morgan fingerprint density at radius 3 is 1.90 bits per heavy atom. The number of nitrogens with zero attached hydrogens (tertiary/aromatic N) is 2. The lowest BCUT2D eigenvalue weighted by Crippen LogP contribution is -2.66. The van der Waals surface area contributed by atoms with Crippen LogP contribution < -0.4 is 10.4 Å². The molecule has 0 atom stereocenters. The second kappa shape index (κ2) is 13.9. The van der Waals surface area contributed by atoms with Crippen molar-refractivity contribution in [2.45, 2.75) is 56.8 Å². The van der Waals surface area contributed by atoms with E-state index < -0.39 is 14.6 Å². The van der Waals surface area contributed by atoms with Crippen LogP contribution in [-0.2, 0) is 28.8 Å². The summed E-state index contributed by atoms with van der Waals surface area (Å²) >= 11 is 0. The van der Waals surface area contributed by atoms with Crippen LogP contribution in [0.5, 0.6) is 0 Å². The molecule has 4 rings (SSSR count). The predicted molar refractivity (Wildman–Crippen MR) is 160 cm³/mol. The molecule has 8 heteroatoms. The minimum absolute atomic E-state index is 0.0538. The van der Waals surface area contributed by atoms with Crippen molar-refractivity contribution in [3.8, 4) is 0 Å². The zero-order valence-corrected chi connectivity index (χ0v) is 25.6. The van der Waals surface area contributed by atoms with Gasteiger partial charge >= 0.3 is 0 Å². The van der Waals surface area contributed by atoms with Crippen LogP contribution in [0, 0.1) is 0 Å². The molecule has 1 aliphatic rings. The molecule has 2 aromatic carbocycles. The highest BCUT2D eigenvalue weighted by Gasteiger charge is 2.50. The van der Waals surface area contributed by atoms with Crippen LogP contribution in [0.2, 0.25) is 5.04 Å². The van der Waals surface area contributed by atoms with Crippen molar-refractivity contribution in [3.05, 3.63) is 84.4 Å². The third-order valence-electron chi connectivity index (χ3n) is 7.85. The molecular formula is C32H44N2O5Si. The Kier molecular flexibility index (Phi) is 10.6. The summed E-state index contributed by atoms with van der Waals surface area (Å²) in [5.41, 5.74) is 0.569. The Hall–Kier alpha value is -2.46. The SMILES string of the molecule is COC(OC)c1ccnc(C2(COCCOCCO[Si](c3ccccc3)(c3ccccc3)C(C)(C)C)CCC2)n1. The quantitative estimate of drug-likeness (QED) is 0.149. The average Bonchev–Trinajstić information content (AvgIpc) is 2.94. The van der Waals surface area contributed by atoms with Gasteiger partial charge in [-0.2, -0.15) is 0 Å². The van der Waals surface area contributed by atoms with Gasteiger partial charge in [-0.15, -0.1) is 0 Å². The topological polar surface area (TPSA) is 71.9 Å². The smallest absolute Gasteiger partial charge is 0.261 e. The largest absolute Gasteiger partial charge is 0.405 e. The molecule has 40 heavy (non-hydrogen) atoms. The molecule has 1 heterocycles. The van der Waals surface area contributed by atoms with Gasteiger partial charge in [-0.05, 0) is 34.3 Å².